The Morgan fingerprint density at radius 2 is 1.71 bits per heavy atom. The fourth-order valence-corrected chi connectivity index (χ4v) is 2.01. The Bertz CT molecular complexity index is 679. The van der Waals surface area contributed by atoms with Crippen LogP contribution in [0.25, 0.3) is 0 Å². The molecule has 6 heteroatoms. The summed E-state index contributed by atoms with van der Waals surface area (Å²) in [5, 5.41) is 16.1. The molecule has 0 saturated carbocycles. The number of rotatable bonds is 8. The highest BCUT2D eigenvalue weighted by Crippen LogP contribution is 2.23. The summed E-state index contributed by atoms with van der Waals surface area (Å²) < 4.78 is 16.1. The van der Waals surface area contributed by atoms with Crippen molar-refractivity contribution in [3.63, 3.8) is 0 Å². The van der Waals surface area contributed by atoms with Crippen LogP contribution in [0, 0.1) is 5.21 Å². The van der Waals surface area contributed by atoms with Crippen LogP contribution in [0.1, 0.15) is 13.3 Å². The number of azo groups is 1. The van der Waals surface area contributed by atoms with Crippen molar-refractivity contribution >= 4 is 11.4 Å². The van der Waals surface area contributed by atoms with E-state index in [0.29, 0.717) is 35.2 Å². The zero-order valence-corrected chi connectivity index (χ0v) is 13.6. The van der Waals surface area contributed by atoms with Crippen molar-refractivity contribution in [2.75, 3.05) is 19.8 Å². The first-order valence-corrected chi connectivity index (χ1v) is 8.01. The van der Waals surface area contributed by atoms with Crippen LogP contribution in [0.5, 0.6) is 11.5 Å². The lowest BCUT2D eigenvalue weighted by molar-refractivity contribution is -0.435. The van der Waals surface area contributed by atoms with Crippen molar-refractivity contribution in [3.8, 4) is 11.5 Å². The maximum atomic E-state index is 12.1. The van der Waals surface area contributed by atoms with Gasteiger partial charge < -0.3 is 19.4 Å². The average Bonchev–Trinajstić information content (AvgIpc) is 3.44. The van der Waals surface area contributed by atoms with Crippen LogP contribution in [-0.4, -0.2) is 30.8 Å². The minimum atomic E-state index is 0.208. The van der Waals surface area contributed by atoms with Crippen LogP contribution in [0.15, 0.2) is 53.6 Å². The molecule has 24 heavy (non-hydrogen) atoms. The predicted molar refractivity (Wildman–Crippen MR) is 89.3 cm³/mol. The van der Waals surface area contributed by atoms with Gasteiger partial charge in [-0.1, -0.05) is 11.8 Å². The first kappa shape index (κ1) is 16.3. The van der Waals surface area contributed by atoms with Crippen LogP contribution in [0.4, 0.5) is 11.4 Å². The fraction of sp³-hybridized carbons (Fsp3) is 0.333. The molecule has 1 aliphatic rings. The van der Waals surface area contributed by atoms with Crippen molar-refractivity contribution < 1.29 is 19.1 Å². The minimum absolute atomic E-state index is 0.208. The van der Waals surface area contributed by atoms with Crippen LogP contribution in [0.3, 0.4) is 0 Å². The van der Waals surface area contributed by atoms with Gasteiger partial charge in [0.05, 0.1) is 13.2 Å². The zero-order chi connectivity index (χ0) is 16.8. The van der Waals surface area contributed by atoms with Gasteiger partial charge in [-0.05, 0) is 42.8 Å². The normalized spacial score (nSPS) is 16.7. The van der Waals surface area contributed by atoms with Gasteiger partial charge >= 0.3 is 0 Å². The van der Waals surface area contributed by atoms with Gasteiger partial charge in [-0.15, -0.1) is 0 Å². The summed E-state index contributed by atoms with van der Waals surface area (Å²) in [7, 11) is 0. The molecule has 0 bridgehead atoms. The summed E-state index contributed by atoms with van der Waals surface area (Å²) in [6.07, 6.45) is 1.16. The molecule has 1 atom stereocenters. The van der Waals surface area contributed by atoms with Gasteiger partial charge in [0, 0.05) is 17.2 Å². The molecule has 1 aliphatic heterocycles. The second kappa shape index (κ2) is 7.79. The molecule has 0 aromatic heterocycles. The molecule has 1 unspecified atom stereocenters. The van der Waals surface area contributed by atoms with Crippen LogP contribution in [0.2, 0.25) is 0 Å². The highest BCUT2D eigenvalue weighted by atomic mass is 16.6. The van der Waals surface area contributed by atoms with Crippen molar-refractivity contribution in [2.24, 2.45) is 5.11 Å². The molecular weight excluding hydrogens is 308 g/mol. The summed E-state index contributed by atoms with van der Waals surface area (Å²) in [5.41, 5.74) is 1.01. The highest BCUT2D eigenvalue weighted by molar-refractivity contribution is 5.41. The van der Waals surface area contributed by atoms with Gasteiger partial charge in [-0.3, -0.25) is 0 Å². The van der Waals surface area contributed by atoms with Gasteiger partial charge in [0.15, 0.2) is 0 Å². The topological polar surface area (TPSA) is 69.4 Å². The van der Waals surface area contributed by atoms with E-state index in [0.717, 1.165) is 18.8 Å². The lowest BCUT2D eigenvalue weighted by Crippen LogP contribution is -2.03. The lowest BCUT2D eigenvalue weighted by Gasteiger charge is -2.05. The Morgan fingerprint density at radius 1 is 1.08 bits per heavy atom. The summed E-state index contributed by atoms with van der Waals surface area (Å²) in [6, 6.07) is 14.0. The van der Waals surface area contributed by atoms with E-state index in [4.69, 9.17) is 14.2 Å². The molecule has 0 spiro atoms. The van der Waals surface area contributed by atoms with E-state index in [1.165, 1.54) is 0 Å². The lowest BCUT2D eigenvalue weighted by atomic mass is 10.3. The average molecular weight is 328 g/mol. The van der Waals surface area contributed by atoms with Crippen molar-refractivity contribution in [2.45, 2.75) is 19.4 Å². The van der Waals surface area contributed by atoms with Gasteiger partial charge in [0.1, 0.15) is 29.9 Å². The molecule has 0 aliphatic carbocycles. The van der Waals surface area contributed by atoms with E-state index in [9.17, 15) is 5.21 Å². The largest absolute Gasteiger partial charge is 0.594 e. The van der Waals surface area contributed by atoms with E-state index in [1.807, 2.05) is 0 Å². The van der Waals surface area contributed by atoms with Crippen molar-refractivity contribution in [1.82, 2.24) is 0 Å². The molecular formula is C18H20N2O4. The van der Waals surface area contributed by atoms with E-state index < -0.39 is 0 Å². The smallest absolute Gasteiger partial charge is 0.245 e. The molecule has 2 aromatic rings. The van der Waals surface area contributed by atoms with Crippen molar-refractivity contribution in [1.29, 1.82) is 0 Å². The summed E-state index contributed by atoms with van der Waals surface area (Å²) in [5.74, 6) is 1.48. The zero-order valence-electron chi connectivity index (χ0n) is 13.6. The number of benzene rings is 2. The monoisotopic (exact) mass is 328 g/mol. The third-order valence-electron chi connectivity index (χ3n) is 3.41. The molecule has 3 rings (SSSR count). The summed E-state index contributed by atoms with van der Waals surface area (Å²) in [4.78, 5) is 0.593. The molecule has 126 valence electrons. The summed E-state index contributed by atoms with van der Waals surface area (Å²) in [6.45, 7) is 4.02. The van der Waals surface area contributed by atoms with Crippen LogP contribution >= 0.6 is 0 Å². The quantitative estimate of drug-likeness (QED) is 0.315. The second-order valence-corrected chi connectivity index (χ2v) is 5.48. The Kier molecular flexibility index (Phi) is 5.28. The van der Waals surface area contributed by atoms with Crippen LogP contribution < -0.4 is 9.47 Å². The molecule has 0 radical (unpaired) electrons. The number of ether oxygens (including phenoxy) is 3. The van der Waals surface area contributed by atoms with Gasteiger partial charge in [0.25, 0.3) is 0 Å². The standard InChI is InChI=1S/C18H20N2O4/c1-2-11-22-16-7-3-14(4-8-16)19-20(21)15-5-9-17(10-6-15)23-12-18-13-24-18/h3-10,18H,2,11-13H2,1H3. The number of epoxide rings is 1. The number of nitrogens with zero attached hydrogens (tertiary/aromatic N) is 2. The van der Waals surface area contributed by atoms with Gasteiger partial charge in [-0.25, -0.2) is 0 Å². The second-order valence-electron chi connectivity index (χ2n) is 5.48. The molecule has 0 N–H and O–H groups in total. The van der Waals surface area contributed by atoms with Crippen molar-refractivity contribution in [3.05, 3.63) is 53.7 Å². The SMILES string of the molecule is CCCOc1ccc(N=[N+]([O-])c2ccc(OCC3CO3)cc2)cc1. The highest BCUT2D eigenvalue weighted by Gasteiger charge is 2.23. The maximum absolute atomic E-state index is 12.1. The number of hydrogen-bond donors (Lipinski definition) is 0. The summed E-state index contributed by atoms with van der Waals surface area (Å²) >= 11 is 0. The molecule has 1 heterocycles. The Morgan fingerprint density at radius 3 is 2.33 bits per heavy atom. The Labute approximate surface area is 140 Å². The van der Waals surface area contributed by atoms with Gasteiger partial charge in [0.2, 0.25) is 5.69 Å². The Balaban J connectivity index is 1.61. The third-order valence-corrected chi connectivity index (χ3v) is 3.41. The minimum Gasteiger partial charge on any atom is -0.594 e. The third kappa shape index (κ3) is 4.70. The van der Waals surface area contributed by atoms with E-state index in [2.05, 4.69) is 12.0 Å². The number of hydrogen-bond acceptors (Lipinski definition) is 5. The van der Waals surface area contributed by atoms with E-state index in [1.54, 1.807) is 48.5 Å². The Hall–Kier alpha value is -2.60. The van der Waals surface area contributed by atoms with Crippen LogP contribution in [-0.2, 0) is 4.74 Å². The molecule has 1 saturated heterocycles. The molecule has 0 amide bonds. The van der Waals surface area contributed by atoms with Gasteiger partial charge in [-0.2, -0.15) is 0 Å². The first-order chi connectivity index (χ1) is 11.7. The first-order valence-electron chi connectivity index (χ1n) is 8.01. The molecule has 2 aromatic carbocycles. The predicted octanol–water partition coefficient (Wildman–Crippen LogP) is 4.18. The van der Waals surface area contributed by atoms with E-state index in [-0.39, 0.29) is 6.10 Å². The fourth-order valence-electron chi connectivity index (χ4n) is 2.01. The molecule has 6 nitrogen and oxygen atoms in total. The maximum Gasteiger partial charge on any atom is 0.245 e. The van der Waals surface area contributed by atoms with E-state index >= 15 is 0 Å². The molecule has 1 fully saturated rings.